The van der Waals surface area contributed by atoms with Gasteiger partial charge in [-0.2, -0.15) is 0 Å². The molecule has 2 amide bonds. The summed E-state index contributed by atoms with van der Waals surface area (Å²) >= 11 is 0. The number of hydrogen-bond acceptors (Lipinski definition) is 10. The molecule has 0 aromatic heterocycles. The van der Waals surface area contributed by atoms with E-state index in [2.05, 4.69) is 40.2 Å². The first-order valence-electron chi connectivity index (χ1n) is 12.8. The molecule has 0 heterocycles. The van der Waals surface area contributed by atoms with Crippen LogP contribution >= 0.6 is 0 Å². The molecule has 1 atom stereocenters. The van der Waals surface area contributed by atoms with E-state index in [1.807, 2.05) is 13.8 Å². The molecular weight excluding hydrogens is 512 g/mol. The molecule has 12 nitrogen and oxygen atoms in total. The highest BCUT2D eigenvalue weighted by atomic mass is 16.6. The summed E-state index contributed by atoms with van der Waals surface area (Å²) < 4.78 is 19.1. The maximum atomic E-state index is 12.1. The van der Waals surface area contributed by atoms with Crippen LogP contribution in [0.4, 0.5) is 0 Å². The van der Waals surface area contributed by atoms with Gasteiger partial charge in [0.15, 0.2) is 0 Å². The van der Waals surface area contributed by atoms with Gasteiger partial charge in [0.2, 0.25) is 11.8 Å². The first-order valence-corrected chi connectivity index (χ1v) is 12.8. The van der Waals surface area contributed by atoms with Crippen LogP contribution in [0.25, 0.3) is 0 Å². The highest BCUT2D eigenvalue weighted by Crippen LogP contribution is 2.26. The number of rotatable bonds is 21. The van der Waals surface area contributed by atoms with E-state index in [4.69, 9.17) is 9.47 Å². The lowest BCUT2D eigenvalue weighted by molar-refractivity contribution is -0.150. The van der Waals surface area contributed by atoms with Crippen LogP contribution in [0.15, 0.2) is 25.3 Å². The van der Waals surface area contributed by atoms with Crippen LogP contribution in [0, 0.1) is 11.3 Å². The number of amides is 2. The Morgan fingerprint density at radius 1 is 0.718 bits per heavy atom. The minimum atomic E-state index is -0.606. The Kier molecular flexibility index (Phi) is 18.4. The fraction of sp³-hybridized carbons (Fsp3) is 0.630. The molecular formula is C27H42N2O10. The van der Waals surface area contributed by atoms with E-state index in [9.17, 15) is 28.8 Å². The fourth-order valence-electron chi connectivity index (χ4n) is 3.38. The topological polar surface area (TPSA) is 163 Å². The van der Waals surface area contributed by atoms with Gasteiger partial charge in [0, 0.05) is 38.1 Å². The standard InChI is InChI=1S/C27H42N2O10/c1-6-23(32)36-14-16-38-25(34)10-8-21(30)28-13-12-20(3)18-27(4,5)19-29-22(31)9-11-26(35)39-17-15-37-24(33)7-2/h6-7,20H,1-2,8-19H2,3-5H3,(H,28,30)(H,29,31). The fourth-order valence-corrected chi connectivity index (χ4v) is 3.38. The van der Waals surface area contributed by atoms with Crippen LogP contribution in [-0.2, 0) is 47.7 Å². The van der Waals surface area contributed by atoms with Gasteiger partial charge in [-0.15, -0.1) is 0 Å². The Hall–Kier alpha value is -3.70. The minimum Gasteiger partial charge on any atom is -0.462 e. The van der Waals surface area contributed by atoms with Gasteiger partial charge in [-0.25, -0.2) is 9.59 Å². The summed E-state index contributed by atoms with van der Waals surface area (Å²) in [5.41, 5.74) is -0.210. The quantitative estimate of drug-likeness (QED) is 0.0925. The first kappa shape index (κ1) is 35.3. The lowest BCUT2D eigenvalue weighted by Crippen LogP contribution is -2.35. The maximum absolute atomic E-state index is 12.1. The van der Waals surface area contributed by atoms with Crippen LogP contribution in [0.5, 0.6) is 0 Å². The number of carbonyl (C=O) groups excluding carboxylic acids is 6. The van der Waals surface area contributed by atoms with Gasteiger partial charge >= 0.3 is 23.9 Å². The number of ether oxygens (including phenoxy) is 4. The third-order valence-corrected chi connectivity index (χ3v) is 5.25. The Bertz CT molecular complexity index is 854. The van der Waals surface area contributed by atoms with Crippen molar-refractivity contribution in [2.24, 2.45) is 11.3 Å². The van der Waals surface area contributed by atoms with E-state index >= 15 is 0 Å². The SMILES string of the molecule is C=CC(=O)OCCOC(=O)CCC(=O)NCCC(C)CC(C)(C)CNC(=O)CCC(=O)OCCOC(=O)C=C. The van der Waals surface area contributed by atoms with Gasteiger partial charge in [0.25, 0.3) is 0 Å². The van der Waals surface area contributed by atoms with Gasteiger partial charge in [-0.05, 0) is 24.2 Å². The van der Waals surface area contributed by atoms with Crippen molar-refractivity contribution in [3.8, 4) is 0 Å². The smallest absolute Gasteiger partial charge is 0.330 e. The molecule has 39 heavy (non-hydrogen) atoms. The van der Waals surface area contributed by atoms with Crippen molar-refractivity contribution in [1.82, 2.24) is 10.6 Å². The summed E-state index contributed by atoms with van der Waals surface area (Å²) in [7, 11) is 0. The molecule has 0 saturated heterocycles. The second kappa shape index (κ2) is 20.3. The monoisotopic (exact) mass is 554 g/mol. The molecule has 0 spiro atoms. The molecule has 0 aliphatic heterocycles. The molecule has 0 aromatic carbocycles. The van der Waals surface area contributed by atoms with Gasteiger partial charge in [-0.1, -0.05) is 33.9 Å². The summed E-state index contributed by atoms with van der Waals surface area (Å²) in [6.45, 7) is 13.1. The molecule has 12 heteroatoms. The van der Waals surface area contributed by atoms with Crippen molar-refractivity contribution in [3.63, 3.8) is 0 Å². The minimum absolute atomic E-state index is 0.00646. The first-order chi connectivity index (χ1) is 18.4. The molecule has 0 bridgehead atoms. The molecule has 0 radical (unpaired) electrons. The Morgan fingerprint density at radius 3 is 1.62 bits per heavy atom. The zero-order valence-corrected chi connectivity index (χ0v) is 23.2. The second-order valence-corrected chi connectivity index (χ2v) is 9.57. The van der Waals surface area contributed by atoms with Crippen molar-refractivity contribution >= 4 is 35.7 Å². The summed E-state index contributed by atoms with van der Waals surface area (Å²) in [5, 5.41) is 5.61. The number of carbonyl (C=O) groups is 6. The van der Waals surface area contributed by atoms with Crippen molar-refractivity contribution in [1.29, 1.82) is 0 Å². The zero-order chi connectivity index (χ0) is 29.7. The van der Waals surface area contributed by atoms with Gasteiger partial charge in [0.05, 0.1) is 12.8 Å². The Labute approximate surface area is 229 Å². The van der Waals surface area contributed by atoms with E-state index in [1.165, 1.54) is 0 Å². The lowest BCUT2D eigenvalue weighted by Gasteiger charge is -2.28. The molecule has 0 saturated carbocycles. The third-order valence-electron chi connectivity index (χ3n) is 5.25. The summed E-state index contributed by atoms with van der Waals surface area (Å²) in [6.07, 6.45) is 3.34. The number of esters is 4. The van der Waals surface area contributed by atoms with Crippen LogP contribution < -0.4 is 10.6 Å². The van der Waals surface area contributed by atoms with Crippen LogP contribution in [0.2, 0.25) is 0 Å². The summed E-state index contributed by atoms with van der Waals surface area (Å²) in [6, 6.07) is 0. The third kappa shape index (κ3) is 21.0. The van der Waals surface area contributed by atoms with E-state index < -0.39 is 23.9 Å². The van der Waals surface area contributed by atoms with E-state index in [0.29, 0.717) is 13.1 Å². The van der Waals surface area contributed by atoms with E-state index in [-0.39, 0.29) is 75.3 Å². The average Bonchev–Trinajstić information content (AvgIpc) is 2.89. The summed E-state index contributed by atoms with van der Waals surface area (Å²) in [5.74, 6) is -2.60. The van der Waals surface area contributed by atoms with Crippen LogP contribution in [0.3, 0.4) is 0 Å². The van der Waals surface area contributed by atoms with E-state index in [1.54, 1.807) is 0 Å². The highest BCUT2D eigenvalue weighted by molar-refractivity contribution is 5.82. The molecule has 220 valence electrons. The molecule has 1 unspecified atom stereocenters. The van der Waals surface area contributed by atoms with Crippen molar-refractivity contribution < 1.29 is 47.7 Å². The van der Waals surface area contributed by atoms with Crippen LogP contribution in [-0.4, -0.2) is 75.2 Å². The second-order valence-electron chi connectivity index (χ2n) is 9.57. The summed E-state index contributed by atoms with van der Waals surface area (Å²) in [4.78, 5) is 69.2. The average molecular weight is 555 g/mol. The number of hydrogen-bond donors (Lipinski definition) is 2. The molecule has 2 N–H and O–H groups in total. The van der Waals surface area contributed by atoms with Gasteiger partial charge in [-0.3, -0.25) is 19.2 Å². The predicted molar refractivity (Wildman–Crippen MR) is 141 cm³/mol. The Balaban J connectivity index is 4.00. The normalized spacial score (nSPS) is 11.4. The van der Waals surface area contributed by atoms with Gasteiger partial charge < -0.3 is 29.6 Å². The molecule has 0 aliphatic rings. The predicted octanol–water partition coefficient (Wildman–Crippen LogP) is 1.77. The lowest BCUT2D eigenvalue weighted by atomic mass is 9.82. The highest BCUT2D eigenvalue weighted by Gasteiger charge is 2.22. The van der Waals surface area contributed by atoms with Crippen molar-refractivity contribution in [2.75, 3.05) is 39.5 Å². The van der Waals surface area contributed by atoms with Gasteiger partial charge in [0.1, 0.15) is 26.4 Å². The maximum Gasteiger partial charge on any atom is 0.330 e. The molecule has 0 rings (SSSR count). The largest absolute Gasteiger partial charge is 0.462 e. The van der Waals surface area contributed by atoms with Crippen molar-refractivity contribution in [3.05, 3.63) is 25.3 Å². The van der Waals surface area contributed by atoms with Crippen molar-refractivity contribution in [2.45, 2.75) is 59.3 Å². The molecule has 0 fully saturated rings. The Morgan fingerprint density at radius 2 is 1.15 bits per heavy atom. The molecule has 0 aromatic rings. The number of nitrogens with one attached hydrogen (secondary N) is 2. The molecule has 0 aliphatic carbocycles. The van der Waals surface area contributed by atoms with Crippen LogP contribution in [0.1, 0.15) is 59.3 Å². The van der Waals surface area contributed by atoms with E-state index in [0.717, 1.165) is 25.0 Å². The zero-order valence-electron chi connectivity index (χ0n) is 23.2.